The van der Waals surface area contributed by atoms with Crippen LogP contribution in [-0.2, 0) is 16.1 Å². The number of alkyl halides is 5. The Morgan fingerprint density at radius 1 is 1.10 bits per heavy atom. The summed E-state index contributed by atoms with van der Waals surface area (Å²) < 4.78 is 63.2. The lowest BCUT2D eigenvalue weighted by atomic mass is 9.97. The van der Waals surface area contributed by atoms with Crippen LogP contribution in [0.2, 0.25) is 5.02 Å². The highest BCUT2D eigenvalue weighted by Gasteiger charge is 2.38. The molecule has 4 aromatic heterocycles. The first-order valence-corrected chi connectivity index (χ1v) is 15.3. The van der Waals surface area contributed by atoms with Crippen LogP contribution >= 0.6 is 11.6 Å². The quantitative estimate of drug-likeness (QED) is 0.197. The summed E-state index contributed by atoms with van der Waals surface area (Å²) in [5, 5.41) is 28.7. The molecule has 19 heteroatoms. The van der Waals surface area contributed by atoms with Gasteiger partial charge in [0.2, 0.25) is 5.91 Å². The van der Waals surface area contributed by atoms with E-state index in [0.29, 0.717) is 57.0 Å². The second kappa shape index (κ2) is 14.7. The Labute approximate surface area is 284 Å². The molecule has 1 aromatic carbocycles. The molecule has 50 heavy (non-hydrogen) atoms. The number of aliphatic hydroxyl groups excluding tert-OH is 1. The van der Waals surface area contributed by atoms with E-state index in [1.165, 1.54) is 29.4 Å². The van der Waals surface area contributed by atoms with Crippen molar-refractivity contribution in [3.8, 4) is 22.5 Å². The van der Waals surface area contributed by atoms with Gasteiger partial charge in [0.1, 0.15) is 0 Å². The molecule has 0 radical (unpaired) electrons. The van der Waals surface area contributed by atoms with Gasteiger partial charge in [0, 0.05) is 39.7 Å². The maximum absolute atomic E-state index is 13.9. The minimum Gasteiger partial charge on any atom is -0.475 e. The first kappa shape index (κ1) is 36.1. The first-order valence-electron chi connectivity index (χ1n) is 15.0. The fourth-order valence-corrected chi connectivity index (χ4v) is 5.78. The van der Waals surface area contributed by atoms with E-state index in [-0.39, 0.29) is 36.0 Å². The van der Waals surface area contributed by atoms with Gasteiger partial charge >= 0.3 is 18.7 Å². The van der Waals surface area contributed by atoms with Gasteiger partial charge in [-0.05, 0) is 37.1 Å². The van der Waals surface area contributed by atoms with E-state index >= 15 is 0 Å². The molecule has 0 saturated carbocycles. The average molecular weight is 723 g/mol. The number of aromatic nitrogens is 7. The van der Waals surface area contributed by atoms with Crippen molar-refractivity contribution in [2.45, 2.75) is 51.5 Å². The molecule has 5 heterocycles. The van der Waals surface area contributed by atoms with Crippen LogP contribution in [0.15, 0.2) is 60.0 Å². The van der Waals surface area contributed by atoms with E-state index < -0.39 is 30.7 Å². The summed E-state index contributed by atoms with van der Waals surface area (Å²) in [6.07, 6.45) is 2.21. The van der Waals surface area contributed by atoms with Gasteiger partial charge in [-0.1, -0.05) is 24.9 Å². The zero-order chi connectivity index (χ0) is 36.3. The highest BCUT2D eigenvalue weighted by Crippen LogP contribution is 2.35. The number of nitrogens with zero attached hydrogens (tertiary/aromatic N) is 7. The van der Waals surface area contributed by atoms with E-state index in [2.05, 4.69) is 25.5 Å². The van der Waals surface area contributed by atoms with Crippen molar-refractivity contribution in [3.63, 3.8) is 0 Å². The molecule has 0 saturated heterocycles. The number of pyridine rings is 1. The number of carboxylic acids is 1. The van der Waals surface area contributed by atoms with Crippen molar-refractivity contribution in [2.75, 3.05) is 11.9 Å². The number of amides is 1. The smallest absolute Gasteiger partial charge is 0.475 e. The average Bonchev–Trinajstić information content (AvgIpc) is 3.67. The number of nitrogens with one attached hydrogen (secondary N) is 1. The third-order valence-electron chi connectivity index (χ3n) is 7.90. The Kier molecular flexibility index (Phi) is 10.6. The van der Waals surface area contributed by atoms with Crippen molar-refractivity contribution in [3.05, 3.63) is 76.3 Å². The lowest BCUT2D eigenvalue weighted by Gasteiger charge is -2.22. The van der Waals surface area contributed by atoms with E-state index in [1.54, 1.807) is 42.1 Å². The van der Waals surface area contributed by atoms with Crippen molar-refractivity contribution >= 4 is 40.1 Å². The second-order valence-electron chi connectivity index (χ2n) is 11.2. The van der Waals surface area contributed by atoms with Crippen LogP contribution in [0.3, 0.4) is 0 Å². The summed E-state index contributed by atoms with van der Waals surface area (Å²) >= 11 is 6.37. The molecule has 0 fully saturated rings. The lowest BCUT2D eigenvalue weighted by Crippen LogP contribution is -2.27. The zero-order valence-electron chi connectivity index (χ0n) is 26.0. The standard InChI is InChI=1S/C29H27ClF2N8O3.C2HF3O2/c1-16-3-2-4-24(22-10-17(5-6-33-22)27-23(37-28(16)43)14-36-40(27)29(31)32)38-15-34-21(12-25(38)42)20-11-19(30)9-18-13-35-39(7-8-41)26(18)20;3-2(4,5)1(6)7/h5-6,9-16,24,29,41H,2-4,7-8H2,1H3,(H,37,43);(H,6,7)/t16-,24+;/m1./s1. The summed E-state index contributed by atoms with van der Waals surface area (Å²) in [5.41, 5.74) is 2.34. The largest absolute Gasteiger partial charge is 0.490 e. The normalized spacial score (nSPS) is 16.5. The van der Waals surface area contributed by atoms with Gasteiger partial charge in [-0.15, -0.1) is 0 Å². The molecule has 2 bridgehead atoms. The summed E-state index contributed by atoms with van der Waals surface area (Å²) in [7, 11) is 0. The lowest BCUT2D eigenvalue weighted by molar-refractivity contribution is -0.192. The zero-order valence-corrected chi connectivity index (χ0v) is 26.7. The molecular formula is C31H28ClF5N8O5. The van der Waals surface area contributed by atoms with Crippen LogP contribution in [0, 0.1) is 5.92 Å². The van der Waals surface area contributed by atoms with E-state index in [0.717, 1.165) is 5.39 Å². The maximum atomic E-state index is 13.9. The molecule has 13 nitrogen and oxygen atoms in total. The Morgan fingerprint density at radius 2 is 1.84 bits per heavy atom. The number of hydrogen-bond acceptors (Lipinski definition) is 8. The van der Waals surface area contributed by atoms with E-state index in [1.807, 2.05) is 0 Å². The van der Waals surface area contributed by atoms with Crippen LogP contribution in [0.25, 0.3) is 33.4 Å². The maximum Gasteiger partial charge on any atom is 0.490 e. The number of aliphatic carboxylic acids is 1. The van der Waals surface area contributed by atoms with E-state index in [9.17, 15) is 36.6 Å². The topological polar surface area (TPSA) is 170 Å². The van der Waals surface area contributed by atoms with Crippen LogP contribution < -0.4 is 10.9 Å². The molecule has 0 spiro atoms. The van der Waals surface area contributed by atoms with Crippen molar-refractivity contribution in [1.82, 2.24) is 34.1 Å². The third kappa shape index (κ3) is 7.65. The second-order valence-corrected chi connectivity index (χ2v) is 11.7. The minimum atomic E-state index is -5.08. The molecule has 1 aliphatic rings. The summed E-state index contributed by atoms with van der Waals surface area (Å²) in [4.78, 5) is 44.6. The predicted octanol–water partition coefficient (Wildman–Crippen LogP) is 5.54. The van der Waals surface area contributed by atoms with E-state index in [4.69, 9.17) is 21.5 Å². The number of carbonyl (C=O) groups excluding carboxylic acids is 1. The highest BCUT2D eigenvalue weighted by atomic mass is 35.5. The van der Waals surface area contributed by atoms with Crippen LogP contribution in [0.1, 0.15) is 44.5 Å². The number of halogens is 6. The number of aliphatic hydroxyl groups is 1. The summed E-state index contributed by atoms with van der Waals surface area (Å²) in [6, 6.07) is 7.46. The van der Waals surface area contributed by atoms with Crippen molar-refractivity contribution in [1.29, 1.82) is 0 Å². The Hall–Kier alpha value is -5.23. The van der Waals surface area contributed by atoms with Crippen molar-refractivity contribution in [2.24, 2.45) is 5.92 Å². The number of anilines is 1. The summed E-state index contributed by atoms with van der Waals surface area (Å²) in [6.45, 7) is -1.05. The number of fused-ring (bicyclic) bond motifs is 5. The first-order chi connectivity index (χ1) is 23.7. The molecule has 3 N–H and O–H groups in total. The van der Waals surface area contributed by atoms with Gasteiger partial charge in [-0.3, -0.25) is 23.8 Å². The fraction of sp³-hybridized carbons (Fsp3) is 0.323. The molecule has 1 amide bonds. The van der Waals surface area contributed by atoms with Gasteiger partial charge < -0.3 is 15.5 Å². The Balaban J connectivity index is 0.000000630. The molecule has 5 aromatic rings. The molecule has 0 aliphatic carbocycles. The van der Waals surface area contributed by atoms with Crippen LogP contribution in [0.5, 0.6) is 0 Å². The predicted molar refractivity (Wildman–Crippen MR) is 170 cm³/mol. The third-order valence-corrected chi connectivity index (χ3v) is 8.12. The molecule has 0 unspecified atom stereocenters. The number of hydrogen-bond donors (Lipinski definition) is 3. The Bertz CT molecular complexity index is 2100. The van der Waals surface area contributed by atoms with Gasteiger partial charge in [-0.2, -0.15) is 32.1 Å². The molecule has 1 aliphatic heterocycles. The molecule has 264 valence electrons. The minimum absolute atomic E-state index is 0.0452. The molecule has 6 rings (SSSR count). The summed E-state index contributed by atoms with van der Waals surface area (Å²) in [5.74, 6) is -3.48. The Morgan fingerprint density at radius 3 is 2.50 bits per heavy atom. The van der Waals surface area contributed by atoms with Crippen molar-refractivity contribution < 1.29 is 41.8 Å². The molecule has 2 atom stereocenters. The highest BCUT2D eigenvalue weighted by molar-refractivity contribution is 6.31. The van der Waals surface area contributed by atoms with Gasteiger partial charge in [0.05, 0.1) is 66.2 Å². The van der Waals surface area contributed by atoms with Gasteiger partial charge in [0.25, 0.3) is 5.56 Å². The molecular weight excluding hydrogens is 695 g/mol. The van der Waals surface area contributed by atoms with Gasteiger partial charge in [-0.25, -0.2) is 14.5 Å². The number of benzene rings is 1. The van der Waals surface area contributed by atoms with Crippen LogP contribution in [0.4, 0.5) is 27.6 Å². The number of carboxylic acid groups (broad SMARTS) is 1. The number of carbonyl (C=O) groups is 2. The fourth-order valence-electron chi connectivity index (χ4n) is 5.55. The monoisotopic (exact) mass is 722 g/mol. The van der Waals surface area contributed by atoms with Gasteiger partial charge in [0.15, 0.2) is 0 Å². The number of rotatable bonds is 5. The van der Waals surface area contributed by atoms with Crippen LogP contribution in [-0.4, -0.2) is 69.0 Å². The SMILES string of the molecule is C[C@@H]1CCC[C@H](n2cnc(-c3cc(Cl)cc4cnn(CCO)c34)cc2=O)c2cc(ccn2)-c2c(cnn2C(F)F)NC1=O.O=C(O)C(F)(F)F.